The van der Waals surface area contributed by atoms with Gasteiger partial charge in [0.1, 0.15) is 10.8 Å². The highest BCUT2D eigenvalue weighted by molar-refractivity contribution is 7.15. The lowest BCUT2D eigenvalue weighted by Crippen LogP contribution is -2.38. The van der Waals surface area contributed by atoms with Gasteiger partial charge < -0.3 is 30.3 Å². The fourth-order valence-corrected chi connectivity index (χ4v) is 5.06. The first-order valence-corrected chi connectivity index (χ1v) is 12.3. The van der Waals surface area contributed by atoms with Crippen LogP contribution in [0.2, 0.25) is 0 Å². The van der Waals surface area contributed by atoms with Crippen LogP contribution >= 0.6 is 11.3 Å². The number of anilines is 2. The van der Waals surface area contributed by atoms with Crippen molar-refractivity contribution in [3.8, 4) is 10.6 Å². The Morgan fingerprint density at radius 3 is 2.48 bits per heavy atom. The second-order valence-electron chi connectivity index (χ2n) is 9.01. The van der Waals surface area contributed by atoms with Crippen molar-refractivity contribution in [2.45, 2.75) is 72.3 Å². The summed E-state index contributed by atoms with van der Waals surface area (Å²) < 4.78 is 11.3. The zero-order valence-electron chi connectivity index (χ0n) is 20.4. The molecule has 33 heavy (non-hydrogen) atoms. The van der Waals surface area contributed by atoms with Gasteiger partial charge in [0.15, 0.2) is 5.79 Å². The normalized spacial score (nSPS) is 20.9. The summed E-state index contributed by atoms with van der Waals surface area (Å²) >= 11 is 1.62. The number of rotatable bonds is 11. The Balaban J connectivity index is 1.94. The summed E-state index contributed by atoms with van der Waals surface area (Å²) in [6.45, 7) is 13.1. The van der Waals surface area contributed by atoms with Crippen LogP contribution in [0, 0.1) is 26.7 Å². The van der Waals surface area contributed by atoms with Crippen LogP contribution < -0.4 is 10.6 Å². The zero-order valence-corrected chi connectivity index (χ0v) is 21.3. The lowest BCUT2D eigenvalue weighted by atomic mass is 10.1. The summed E-state index contributed by atoms with van der Waals surface area (Å²) in [6, 6.07) is -0.125. The molecule has 10 heteroatoms. The van der Waals surface area contributed by atoms with Gasteiger partial charge in [-0.2, -0.15) is 4.98 Å². The number of thiazole rings is 1. The summed E-state index contributed by atoms with van der Waals surface area (Å²) in [5.74, 6) is 0.00658. The standard InChI is InChI=1S/C23H37N5O4S/c1-7-31-9-8-24-22-26-14(3)19(21-25-13(2)15(4)33-21)20(28-22)27-17-10-16(12-29)11-18(17)32-23(5,6)30/h16-18,29-30H,7-12H2,1-6H3,(H2,24,26,27,28)/t16-,17+,18+/m0/s1. The topological polar surface area (TPSA) is 122 Å². The summed E-state index contributed by atoms with van der Waals surface area (Å²) in [5, 5.41) is 27.7. The van der Waals surface area contributed by atoms with Gasteiger partial charge in [-0.25, -0.2) is 9.97 Å². The number of hydrogen-bond donors (Lipinski definition) is 4. The summed E-state index contributed by atoms with van der Waals surface area (Å²) in [5.41, 5.74) is 2.67. The van der Waals surface area contributed by atoms with Gasteiger partial charge in [0.2, 0.25) is 5.95 Å². The molecule has 184 valence electrons. The van der Waals surface area contributed by atoms with Crippen molar-refractivity contribution in [2.24, 2.45) is 5.92 Å². The molecule has 0 radical (unpaired) electrons. The Morgan fingerprint density at radius 2 is 1.88 bits per heavy atom. The Bertz CT molecular complexity index is 911. The Labute approximate surface area is 200 Å². The molecule has 1 aliphatic carbocycles. The van der Waals surface area contributed by atoms with E-state index in [9.17, 15) is 10.2 Å². The predicted octanol–water partition coefficient (Wildman–Crippen LogP) is 3.27. The summed E-state index contributed by atoms with van der Waals surface area (Å²) in [6.07, 6.45) is 1.11. The van der Waals surface area contributed by atoms with Crippen LogP contribution in [0.25, 0.3) is 10.6 Å². The minimum atomic E-state index is -1.27. The SMILES string of the molecule is CCOCCNc1nc(C)c(-c2nc(C)c(C)s2)c(N[C@@H]2C[C@H](CO)C[C@H]2OC(C)(C)O)n1. The molecule has 1 fully saturated rings. The van der Waals surface area contributed by atoms with E-state index in [1.165, 1.54) is 0 Å². The lowest BCUT2D eigenvalue weighted by Gasteiger charge is -2.29. The molecule has 0 spiro atoms. The van der Waals surface area contributed by atoms with Crippen molar-refractivity contribution >= 4 is 23.1 Å². The first kappa shape index (κ1) is 25.8. The average Bonchev–Trinajstić information content (AvgIpc) is 3.26. The second-order valence-corrected chi connectivity index (χ2v) is 10.2. The largest absolute Gasteiger partial charge is 0.396 e. The highest BCUT2D eigenvalue weighted by atomic mass is 32.1. The van der Waals surface area contributed by atoms with E-state index in [2.05, 4.69) is 22.5 Å². The molecule has 0 amide bonds. The van der Waals surface area contributed by atoms with E-state index in [0.29, 0.717) is 44.4 Å². The first-order valence-electron chi connectivity index (χ1n) is 11.5. The second kappa shape index (κ2) is 11.1. The molecule has 9 nitrogen and oxygen atoms in total. The first-order chi connectivity index (χ1) is 15.6. The van der Waals surface area contributed by atoms with Gasteiger partial charge in [-0.05, 0) is 60.3 Å². The fourth-order valence-electron chi connectivity index (χ4n) is 4.05. The van der Waals surface area contributed by atoms with Crippen LogP contribution in [0.4, 0.5) is 11.8 Å². The third-order valence-corrected chi connectivity index (χ3v) is 6.78. The van der Waals surface area contributed by atoms with Crippen molar-refractivity contribution in [1.82, 2.24) is 15.0 Å². The van der Waals surface area contributed by atoms with Crippen LogP contribution in [0.1, 0.15) is 49.9 Å². The van der Waals surface area contributed by atoms with E-state index >= 15 is 0 Å². The van der Waals surface area contributed by atoms with Crippen molar-refractivity contribution in [1.29, 1.82) is 0 Å². The van der Waals surface area contributed by atoms with Gasteiger partial charge in [0.25, 0.3) is 0 Å². The molecule has 3 atom stereocenters. The predicted molar refractivity (Wildman–Crippen MR) is 131 cm³/mol. The van der Waals surface area contributed by atoms with Crippen LogP contribution in [-0.4, -0.2) is 69.5 Å². The van der Waals surface area contributed by atoms with Crippen molar-refractivity contribution in [3.63, 3.8) is 0 Å². The molecule has 1 saturated carbocycles. The maximum atomic E-state index is 10.2. The highest BCUT2D eigenvalue weighted by Crippen LogP contribution is 2.38. The molecular weight excluding hydrogens is 442 g/mol. The van der Waals surface area contributed by atoms with E-state index in [4.69, 9.17) is 19.4 Å². The molecule has 2 heterocycles. The fraction of sp³-hybridized carbons (Fsp3) is 0.696. The van der Waals surface area contributed by atoms with E-state index < -0.39 is 5.79 Å². The highest BCUT2D eigenvalue weighted by Gasteiger charge is 2.38. The number of aromatic nitrogens is 3. The molecule has 2 aromatic heterocycles. The maximum Gasteiger partial charge on any atom is 0.224 e. The molecule has 3 rings (SSSR count). The van der Waals surface area contributed by atoms with Crippen LogP contribution in [0.3, 0.4) is 0 Å². The van der Waals surface area contributed by atoms with Gasteiger partial charge in [-0.1, -0.05) is 0 Å². The van der Waals surface area contributed by atoms with E-state index in [1.54, 1.807) is 25.2 Å². The molecule has 0 aliphatic heterocycles. The van der Waals surface area contributed by atoms with Crippen LogP contribution in [0.5, 0.6) is 0 Å². The molecule has 0 unspecified atom stereocenters. The van der Waals surface area contributed by atoms with E-state index in [-0.39, 0.29) is 24.7 Å². The number of hydrogen-bond acceptors (Lipinski definition) is 10. The Morgan fingerprint density at radius 1 is 1.12 bits per heavy atom. The smallest absolute Gasteiger partial charge is 0.224 e. The summed E-state index contributed by atoms with van der Waals surface area (Å²) in [7, 11) is 0. The monoisotopic (exact) mass is 479 g/mol. The molecule has 0 saturated heterocycles. The third kappa shape index (κ3) is 6.83. The van der Waals surface area contributed by atoms with Gasteiger partial charge in [-0.15, -0.1) is 11.3 Å². The average molecular weight is 480 g/mol. The Kier molecular flexibility index (Phi) is 8.63. The third-order valence-electron chi connectivity index (χ3n) is 5.69. The minimum absolute atomic E-state index is 0.0780. The minimum Gasteiger partial charge on any atom is -0.396 e. The molecule has 1 aliphatic rings. The number of ether oxygens (including phenoxy) is 2. The number of aryl methyl sites for hydroxylation is 3. The number of nitrogens with one attached hydrogen (secondary N) is 2. The molecule has 4 N–H and O–H groups in total. The van der Waals surface area contributed by atoms with Gasteiger partial charge in [-0.3, -0.25) is 0 Å². The van der Waals surface area contributed by atoms with Gasteiger partial charge >= 0.3 is 0 Å². The number of nitrogens with zero attached hydrogens (tertiary/aromatic N) is 3. The molecular formula is C23H37N5O4S. The summed E-state index contributed by atoms with van der Waals surface area (Å²) in [4.78, 5) is 15.4. The quantitative estimate of drug-likeness (QED) is 0.284. The van der Waals surface area contributed by atoms with E-state index in [0.717, 1.165) is 26.8 Å². The molecule has 0 bridgehead atoms. The van der Waals surface area contributed by atoms with Crippen molar-refractivity contribution in [2.75, 3.05) is 37.0 Å². The van der Waals surface area contributed by atoms with Crippen LogP contribution in [0.15, 0.2) is 0 Å². The zero-order chi connectivity index (χ0) is 24.2. The maximum absolute atomic E-state index is 10.2. The molecule has 2 aromatic rings. The van der Waals surface area contributed by atoms with Gasteiger partial charge in [0.05, 0.1) is 35.7 Å². The Hall–Kier alpha value is -1.85. The molecule has 0 aromatic carbocycles. The number of aliphatic hydroxyl groups excluding tert-OH is 1. The van der Waals surface area contributed by atoms with Crippen molar-refractivity contribution < 1.29 is 19.7 Å². The van der Waals surface area contributed by atoms with Crippen LogP contribution in [-0.2, 0) is 9.47 Å². The lowest BCUT2D eigenvalue weighted by molar-refractivity contribution is -0.205. The van der Waals surface area contributed by atoms with E-state index in [1.807, 2.05) is 20.8 Å². The van der Waals surface area contributed by atoms with Gasteiger partial charge in [0, 0.05) is 24.6 Å². The number of aliphatic hydroxyl groups is 2. The van der Waals surface area contributed by atoms with Crippen molar-refractivity contribution in [3.05, 3.63) is 16.3 Å².